The molecule has 0 saturated heterocycles. The van der Waals surface area contributed by atoms with Crippen molar-refractivity contribution in [3.8, 4) is 0 Å². The van der Waals surface area contributed by atoms with Gasteiger partial charge in [-0.15, -0.1) is 6.20 Å². The Balaban J connectivity index is 0. The third kappa shape index (κ3) is 4.63. The van der Waals surface area contributed by atoms with E-state index in [9.17, 15) is 0 Å². The number of halogens is 1. The van der Waals surface area contributed by atoms with E-state index < -0.39 is 0 Å². The zero-order valence-electron chi connectivity index (χ0n) is 3.82. The third-order valence-electron chi connectivity index (χ3n) is 0.442. The summed E-state index contributed by atoms with van der Waals surface area (Å²) < 4.78 is 0. The Morgan fingerprint density at radius 3 is 2.29 bits per heavy atom. The zero-order chi connectivity index (χ0) is 3.54. The fourth-order valence-electron chi connectivity index (χ4n) is 0.241. The minimum Gasteiger partial charge on any atom is -1.00 e. The first-order valence-electron chi connectivity index (χ1n) is 1.49. The fourth-order valence-corrected chi connectivity index (χ4v) is 0.241. The predicted molar refractivity (Wildman–Crippen MR) is 25.4 cm³/mol. The summed E-state index contributed by atoms with van der Waals surface area (Å²) in [4.78, 5) is 2.74. The molecule has 0 atom stereocenters. The molecule has 1 N–H and O–H groups in total. The second-order valence-corrected chi connectivity index (χ2v) is 0.814. The van der Waals surface area contributed by atoms with Crippen molar-refractivity contribution in [3.63, 3.8) is 0 Å². The molecule has 7 heavy (non-hydrogen) atoms. The summed E-state index contributed by atoms with van der Waals surface area (Å²) in [6, 6.07) is 3.71. The number of rotatable bonds is 0. The Labute approximate surface area is 76.1 Å². The Kier molecular flexibility index (Phi) is 10.4. The van der Waals surface area contributed by atoms with E-state index in [4.69, 9.17) is 0 Å². The first-order chi connectivity index (χ1) is 2.50. The molecule has 0 aliphatic rings. The summed E-state index contributed by atoms with van der Waals surface area (Å²) in [6.45, 7) is 0. The van der Waals surface area contributed by atoms with Crippen molar-refractivity contribution in [1.82, 2.24) is 4.98 Å². The first-order valence-corrected chi connectivity index (χ1v) is 1.49. The largest absolute Gasteiger partial charge is 2.00 e. The summed E-state index contributed by atoms with van der Waals surface area (Å²) in [5, 5.41) is 0. The van der Waals surface area contributed by atoms with E-state index in [-0.39, 0.29) is 47.0 Å². The van der Waals surface area contributed by atoms with E-state index in [2.05, 4.69) is 11.2 Å². The molecule has 1 aromatic rings. The Morgan fingerprint density at radius 1 is 1.43 bits per heavy atom. The molecule has 3 heteroatoms. The van der Waals surface area contributed by atoms with Gasteiger partial charge in [-0.25, -0.2) is 0 Å². The van der Waals surface area contributed by atoms with Crippen molar-refractivity contribution in [2.24, 2.45) is 0 Å². The van der Waals surface area contributed by atoms with Crippen LogP contribution in [0.15, 0.2) is 18.3 Å². The average molecular weight is 217 g/mol. The molecule has 0 bridgehead atoms. The van der Waals surface area contributed by atoms with Gasteiger partial charge in [0.2, 0.25) is 0 Å². The van der Waals surface area contributed by atoms with Gasteiger partial charge in [0, 0.05) is 0 Å². The molecule has 0 spiro atoms. The van der Waals surface area contributed by atoms with Crippen LogP contribution in [0.2, 0.25) is 0 Å². The quantitative estimate of drug-likeness (QED) is 0.279. The number of hydrogen-bond donors (Lipinski definition) is 1. The van der Waals surface area contributed by atoms with Crippen molar-refractivity contribution in [2.75, 3.05) is 0 Å². The van der Waals surface area contributed by atoms with E-state index in [0.717, 1.165) is 0 Å². The zero-order valence-corrected chi connectivity index (χ0v) is 7.39. The van der Waals surface area contributed by atoms with E-state index >= 15 is 0 Å². The molecule has 0 amide bonds. The minimum atomic E-state index is 0. The average Bonchev–Trinajstić information content (AvgIpc) is 1.76. The summed E-state index contributed by atoms with van der Waals surface area (Å²) in [5.74, 6) is 0. The van der Waals surface area contributed by atoms with Crippen molar-refractivity contribution >= 4 is 23.1 Å². The molecule has 0 saturated carbocycles. The van der Waals surface area contributed by atoms with Gasteiger partial charge in [-0.05, 0) is 0 Å². The molecule has 0 aliphatic heterocycles. The van der Waals surface area contributed by atoms with Gasteiger partial charge in [0.05, 0.1) is 0 Å². The normalized spacial score (nSPS) is 5.71. The SMILES string of the molecule is [I-].[Mg+2].[c-]1ccc[nH]1. The molecule has 1 aromatic heterocycles. The molecule has 0 radical (unpaired) electrons. The van der Waals surface area contributed by atoms with Crippen LogP contribution in [0.5, 0.6) is 0 Å². The van der Waals surface area contributed by atoms with Crippen molar-refractivity contribution in [3.05, 3.63) is 24.5 Å². The van der Waals surface area contributed by atoms with Crippen LogP contribution >= 0.6 is 0 Å². The van der Waals surface area contributed by atoms with E-state index in [1.54, 1.807) is 0 Å². The van der Waals surface area contributed by atoms with Crippen LogP contribution in [-0.2, 0) is 0 Å². The number of aromatic nitrogens is 1. The standard InChI is InChI=1S/C4H4N.HI.Mg/c1-2-4-5-3-1;;/h1-3,5H;1H;/q-1;;+2/p-1. The van der Waals surface area contributed by atoms with Crippen LogP contribution in [0.3, 0.4) is 0 Å². The molecule has 1 heterocycles. The van der Waals surface area contributed by atoms with E-state index in [1.165, 1.54) is 0 Å². The maximum Gasteiger partial charge on any atom is 2.00 e. The topological polar surface area (TPSA) is 15.8 Å². The number of aromatic amines is 1. The maximum atomic E-state index is 2.74. The van der Waals surface area contributed by atoms with Gasteiger partial charge < -0.3 is 29.0 Å². The molecule has 34 valence electrons. The van der Waals surface area contributed by atoms with Gasteiger partial charge in [-0.1, -0.05) is 0 Å². The fraction of sp³-hybridized carbons (Fsp3) is 0. The molecule has 0 aromatic carbocycles. The van der Waals surface area contributed by atoms with E-state index in [1.807, 2.05) is 18.3 Å². The summed E-state index contributed by atoms with van der Waals surface area (Å²) in [6.07, 6.45) is 4.56. The van der Waals surface area contributed by atoms with Crippen LogP contribution in [0.4, 0.5) is 0 Å². The number of nitrogens with one attached hydrogen (secondary N) is 1. The second-order valence-electron chi connectivity index (χ2n) is 0.814. The molecular formula is C4H4IMgN. The molecule has 0 aliphatic carbocycles. The monoisotopic (exact) mass is 217 g/mol. The van der Waals surface area contributed by atoms with Crippen LogP contribution in [0.25, 0.3) is 0 Å². The van der Waals surface area contributed by atoms with Crippen molar-refractivity contribution in [2.45, 2.75) is 0 Å². The van der Waals surface area contributed by atoms with Crippen LogP contribution < -0.4 is 24.0 Å². The molecule has 0 unspecified atom stereocenters. The Bertz CT molecular complexity index is 68.2. The Morgan fingerprint density at radius 2 is 2.14 bits per heavy atom. The van der Waals surface area contributed by atoms with E-state index in [0.29, 0.717) is 0 Å². The van der Waals surface area contributed by atoms with Gasteiger partial charge >= 0.3 is 23.1 Å². The Hall–Kier alpha value is 0.776. The van der Waals surface area contributed by atoms with Crippen molar-refractivity contribution < 1.29 is 24.0 Å². The second kappa shape index (κ2) is 6.78. The molecule has 0 fully saturated rings. The predicted octanol–water partition coefficient (Wildman–Crippen LogP) is -2.56. The number of H-pyrrole nitrogens is 1. The van der Waals surface area contributed by atoms with Crippen LogP contribution in [0, 0.1) is 6.20 Å². The number of hydrogen-bond acceptors (Lipinski definition) is 0. The van der Waals surface area contributed by atoms with Crippen LogP contribution in [0.1, 0.15) is 0 Å². The smallest absolute Gasteiger partial charge is 1.00 e. The van der Waals surface area contributed by atoms with Gasteiger partial charge in [0.25, 0.3) is 0 Å². The molecule has 1 rings (SSSR count). The molecular weight excluding hydrogens is 213 g/mol. The van der Waals surface area contributed by atoms with Gasteiger partial charge in [0.15, 0.2) is 0 Å². The maximum absolute atomic E-state index is 2.74. The van der Waals surface area contributed by atoms with Crippen LogP contribution in [-0.4, -0.2) is 28.0 Å². The summed E-state index contributed by atoms with van der Waals surface area (Å²) >= 11 is 0. The first kappa shape index (κ1) is 10.7. The minimum absolute atomic E-state index is 0. The van der Waals surface area contributed by atoms with Gasteiger partial charge in [-0.2, -0.15) is 18.3 Å². The third-order valence-corrected chi connectivity index (χ3v) is 0.442. The van der Waals surface area contributed by atoms with Gasteiger partial charge in [0.1, 0.15) is 0 Å². The molecule has 1 nitrogen and oxygen atoms in total. The van der Waals surface area contributed by atoms with Crippen molar-refractivity contribution in [1.29, 1.82) is 0 Å². The van der Waals surface area contributed by atoms with Gasteiger partial charge in [-0.3, -0.25) is 0 Å². The summed E-state index contributed by atoms with van der Waals surface area (Å²) in [7, 11) is 0. The summed E-state index contributed by atoms with van der Waals surface area (Å²) in [5.41, 5.74) is 0.